The lowest BCUT2D eigenvalue weighted by atomic mass is 10.1. The SMILES string of the molecule is Cc1cc2occ(CC(=O)O)c2cc1Br. The average Bonchev–Trinajstić information content (AvgIpc) is 2.49. The van der Waals surface area contributed by atoms with Crippen LogP contribution in [0.4, 0.5) is 0 Å². The van der Waals surface area contributed by atoms with Crippen LogP contribution in [-0.2, 0) is 11.2 Å². The molecule has 0 aliphatic rings. The van der Waals surface area contributed by atoms with Crippen molar-refractivity contribution in [3.05, 3.63) is 34.0 Å². The molecule has 0 spiro atoms. The highest BCUT2D eigenvalue weighted by Gasteiger charge is 2.10. The van der Waals surface area contributed by atoms with Gasteiger partial charge in [0.15, 0.2) is 0 Å². The van der Waals surface area contributed by atoms with Crippen LogP contribution in [0.25, 0.3) is 11.0 Å². The van der Waals surface area contributed by atoms with Crippen molar-refractivity contribution in [1.82, 2.24) is 0 Å². The summed E-state index contributed by atoms with van der Waals surface area (Å²) in [6.45, 7) is 1.96. The predicted octanol–water partition coefficient (Wildman–Crippen LogP) is 3.13. The van der Waals surface area contributed by atoms with Gasteiger partial charge in [0.1, 0.15) is 5.58 Å². The average molecular weight is 269 g/mol. The Labute approximate surface area is 94.8 Å². The molecule has 0 unspecified atom stereocenters. The Morgan fingerprint density at radius 2 is 2.27 bits per heavy atom. The normalized spacial score (nSPS) is 10.8. The third-order valence-electron chi connectivity index (χ3n) is 2.28. The van der Waals surface area contributed by atoms with Crippen molar-refractivity contribution in [2.75, 3.05) is 0 Å². The van der Waals surface area contributed by atoms with Crippen LogP contribution < -0.4 is 0 Å². The fourth-order valence-electron chi connectivity index (χ4n) is 1.50. The largest absolute Gasteiger partial charge is 0.481 e. The number of carboxylic acids is 1. The van der Waals surface area contributed by atoms with Gasteiger partial charge in [-0.2, -0.15) is 0 Å². The smallest absolute Gasteiger partial charge is 0.307 e. The minimum atomic E-state index is -0.852. The van der Waals surface area contributed by atoms with E-state index in [1.807, 2.05) is 19.1 Å². The monoisotopic (exact) mass is 268 g/mol. The number of fused-ring (bicyclic) bond motifs is 1. The number of benzene rings is 1. The van der Waals surface area contributed by atoms with Gasteiger partial charge in [-0.1, -0.05) is 15.9 Å². The number of rotatable bonds is 2. The lowest BCUT2D eigenvalue weighted by molar-refractivity contribution is -0.136. The Hall–Kier alpha value is -1.29. The second-order valence-corrected chi connectivity index (χ2v) is 4.28. The molecule has 2 rings (SSSR count). The van der Waals surface area contributed by atoms with E-state index >= 15 is 0 Å². The summed E-state index contributed by atoms with van der Waals surface area (Å²) in [5.41, 5.74) is 2.50. The lowest BCUT2D eigenvalue weighted by Gasteiger charge is -1.98. The standard InChI is InChI=1S/C11H9BrO3/c1-6-2-10-8(4-9(6)12)7(5-15-10)3-11(13)14/h2,4-5H,3H2,1H3,(H,13,14). The Morgan fingerprint density at radius 3 is 2.93 bits per heavy atom. The third kappa shape index (κ3) is 1.90. The van der Waals surface area contributed by atoms with Crippen LogP contribution in [0.15, 0.2) is 27.3 Å². The first kappa shape index (κ1) is 10.2. The summed E-state index contributed by atoms with van der Waals surface area (Å²) >= 11 is 3.41. The van der Waals surface area contributed by atoms with E-state index in [9.17, 15) is 4.79 Å². The van der Waals surface area contributed by atoms with E-state index in [0.29, 0.717) is 5.56 Å². The summed E-state index contributed by atoms with van der Waals surface area (Å²) in [5, 5.41) is 9.57. The number of aliphatic carboxylic acids is 1. The minimum absolute atomic E-state index is 0.0114. The summed E-state index contributed by atoms with van der Waals surface area (Å²) in [6.07, 6.45) is 1.49. The zero-order chi connectivity index (χ0) is 11.0. The number of furan rings is 1. The first-order valence-electron chi connectivity index (χ1n) is 4.46. The fourth-order valence-corrected chi connectivity index (χ4v) is 1.84. The molecule has 3 nitrogen and oxygen atoms in total. The van der Waals surface area contributed by atoms with E-state index in [-0.39, 0.29) is 6.42 Å². The highest BCUT2D eigenvalue weighted by Crippen LogP contribution is 2.28. The Kier molecular flexibility index (Phi) is 2.52. The molecular weight excluding hydrogens is 260 g/mol. The minimum Gasteiger partial charge on any atom is -0.481 e. The van der Waals surface area contributed by atoms with Gasteiger partial charge in [-0.05, 0) is 24.6 Å². The van der Waals surface area contributed by atoms with Gasteiger partial charge in [-0.25, -0.2) is 0 Å². The molecule has 1 aromatic heterocycles. The maximum atomic E-state index is 10.6. The number of hydrogen-bond acceptors (Lipinski definition) is 2. The van der Waals surface area contributed by atoms with Crippen molar-refractivity contribution < 1.29 is 14.3 Å². The highest BCUT2D eigenvalue weighted by atomic mass is 79.9. The van der Waals surface area contributed by atoms with E-state index < -0.39 is 5.97 Å². The van der Waals surface area contributed by atoms with Crippen LogP contribution >= 0.6 is 15.9 Å². The number of carboxylic acid groups (broad SMARTS) is 1. The van der Waals surface area contributed by atoms with E-state index in [1.165, 1.54) is 6.26 Å². The molecule has 0 aliphatic heterocycles. The number of halogens is 1. The number of aryl methyl sites for hydroxylation is 1. The molecule has 0 amide bonds. The highest BCUT2D eigenvalue weighted by molar-refractivity contribution is 9.10. The van der Waals surface area contributed by atoms with Gasteiger partial charge in [0.2, 0.25) is 0 Å². The van der Waals surface area contributed by atoms with Gasteiger partial charge >= 0.3 is 5.97 Å². The van der Waals surface area contributed by atoms with Gasteiger partial charge in [0.05, 0.1) is 12.7 Å². The third-order valence-corrected chi connectivity index (χ3v) is 3.13. The van der Waals surface area contributed by atoms with E-state index in [1.54, 1.807) is 0 Å². The van der Waals surface area contributed by atoms with E-state index in [0.717, 1.165) is 21.0 Å². The maximum Gasteiger partial charge on any atom is 0.307 e. The Morgan fingerprint density at radius 1 is 1.53 bits per heavy atom. The van der Waals surface area contributed by atoms with Crippen LogP contribution in [0.3, 0.4) is 0 Å². The molecule has 0 bridgehead atoms. The molecule has 4 heteroatoms. The maximum absolute atomic E-state index is 10.6. The molecule has 0 aliphatic carbocycles. The summed E-state index contributed by atoms with van der Waals surface area (Å²) < 4.78 is 6.26. The van der Waals surface area contributed by atoms with Gasteiger partial charge in [-0.15, -0.1) is 0 Å². The zero-order valence-electron chi connectivity index (χ0n) is 8.08. The molecule has 0 atom stereocenters. The van der Waals surface area contributed by atoms with Gasteiger partial charge in [0, 0.05) is 15.4 Å². The molecule has 2 aromatic rings. The molecule has 1 aromatic carbocycles. The van der Waals surface area contributed by atoms with Crippen LogP contribution in [0.1, 0.15) is 11.1 Å². The van der Waals surface area contributed by atoms with Crippen molar-refractivity contribution in [2.24, 2.45) is 0 Å². The van der Waals surface area contributed by atoms with Crippen LogP contribution in [0.2, 0.25) is 0 Å². The molecule has 78 valence electrons. The molecule has 15 heavy (non-hydrogen) atoms. The topological polar surface area (TPSA) is 50.4 Å². The van der Waals surface area contributed by atoms with Gasteiger partial charge in [0.25, 0.3) is 0 Å². The zero-order valence-corrected chi connectivity index (χ0v) is 9.67. The molecular formula is C11H9BrO3. The second kappa shape index (κ2) is 3.70. The lowest BCUT2D eigenvalue weighted by Crippen LogP contribution is -1.98. The summed E-state index contributed by atoms with van der Waals surface area (Å²) in [4.78, 5) is 10.6. The van der Waals surface area contributed by atoms with Crippen molar-refractivity contribution in [3.8, 4) is 0 Å². The first-order chi connectivity index (χ1) is 7.08. The summed E-state index contributed by atoms with van der Waals surface area (Å²) in [5.74, 6) is -0.852. The van der Waals surface area contributed by atoms with Crippen LogP contribution in [0.5, 0.6) is 0 Å². The molecule has 1 N–H and O–H groups in total. The molecule has 0 fully saturated rings. The second-order valence-electron chi connectivity index (χ2n) is 3.43. The Balaban J connectivity index is 2.59. The quantitative estimate of drug-likeness (QED) is 0.911. The first-order valence-corrected chi connectivity index (χ1v) is 5.25. The van der Waals surface area contributed by atoms with E-state index in [4.69, 9.17) is 9.52 Å². The Bertz CT molecular complexity index is 528. The van der Waals surface area contributed by atoms with Crippen molar-refractivity contribution >= 4 is 32.9 Å². The molecule has 0 saturated carbocycles. The molecule has 0 radical (unpaired) electrons. The summed E-state index contributed by atoms with van der Waals surface area (Å²) in [6, 6.07) is 3.79. The molecule has 1 heterocycles. The number of hydrogen-bond donors (Lipinski definition) is 1. The van der Waals surface area contributed by atoms with Crippen molar-refractivity contribution in [1.29, 1.82) is 0 Å². The number of carbonyl (C=O) groups is 1. The fraction of sp³-hybridized carbons (Fsp3) is 0.182. The van der Waals surface area contributed by atoms with E-state index in [2.05, 4.69) is 15.9 Å². The van der Waals surface area contributed by atoms with Crippen molar-refractivity contribution in [2.45, 2.75) is 13.3 Å². The van der Waals surface area contributed by atoms with Crippen molar-refractivity contribution in [3.63, 3.8) is 0 Å². The van der Waals surface area contributed by atoms with Crippen LogP contribution in [0, 0.1) is 6.92 Å². The molecule has 0 saturated heterocycles. The van der Waals surface area contributed by atoms with Gasteiger partial charge < -0.3 is 9.52 Å². The van der Waals surface area contributed by atoms with Gasteiger partial charge in [-0.3, -0.25) is 4.79 Å². The summed E-state index contributed by atoms with van der Waals surface area (Å²) in [7, 11) is 0. The predicted molar refractivity (Wildman–Crippen MR) is 60.0 cm³/mol. The van der Waals surface area contributed by atoms with Crippen LogP contribution in [-0.4, -0.2) is 11.1 Å².